The minimum absolute atomic E-state index is 0.961. The first-order chi connectivity index (χ1) is 5.35. The van der Waals surface area contributed by atoms with Crippen LogP contribution in [0.25, 0.3) is 0 Å². The Morgan fingerprint density at radius 3 is 2.00 bits per heavy atom. The SMILES string of the molecule is C=CCCC(CCC)CCC. The smallest absolute Gasteiger partial charge is 0.0351 e. The van der Waals surface area contributed by atoms with Gasteiger partial charge in [-0.3, -0.25) is 0 Å². The number of hydrogen-bond acceptors (Lipinski definition) is 0. The predicted molar refractivity (Wildman–Crippen MR) is 52.7 cm³/mol. The minimum atomic E-state index is 0.961. The van der Waals surface area contributed by atoms with Gasteiger partial charge in [-0.1, -0.05) is 45.6 Å². The summed E-state index contributed by atoms with van der Waals surface area (Å²) < 4.78 is 0. The zero-order valence-electron chi connectivity index (χ0n) is 8.10. The Labute approximate surface area is 71.7 Å². The third kappa shape index (κ3) is 6.15. The van der Waals surface area contributed by atoms with Gasteiger partial charge >= 0.3 is 0 Å². The molecule has 0 unspecified atom stereocenters. The van der Waals surface area contributed by atoms with Crippen molar-refractivity contribution in [3.05, 3.63) is 12.7 Å². The fourth-order valence-electron chi connectivity index (χ4n) is 1.60. The molecule has 11 heavy (non-hydrogen) atoms. The van der Waals surface area contributed by atoms with E-state index < -0.39 is 0 Å². The van der Waals surface area contributed by atoms with Crippen LogP contribution < -0.4 is 0 Å². The lowest BCUT2D eigenvalue weighted by Crippen LogP contribution is -1.98. The highest BCUT2D eigenvalue weighted by Gasteiger charge is 2.04. The second-order valence-corrected chi connectivity index (χ2v) is 3.31. The zero-order valence-corrected chi connectivity index (χ0v) is 8.10. The molecule has 0 aromatic carbocycles. The third-order valence-electron chi connectivity index (χ3n) is 2.17. The lowest BCUT2D eigenvalue weighted by molar-refractivity contribution is 0.414. The van der Waals surface area contributed by atoms with E-state index in [1.807, 2.05) is 6.08 Å². The average Bonchev–Trinajstić information content (AvgIpc) is 2.01. The van der Waals surface area contributed by atoms with E-state index in [1.54, 1.807) is 0 Å². The molecule has 0 aliphatic carbocycles. The Kier molecular flexibility index (Phi) is 7.66. The molecule has 0 fully saturated rings. The van der Waals surface area contributed by atoms with E-state index in [4.69, 9.17) is 0 Å². The van der Waals surface area contributed by atoms with Gasteiger partial charge in [0, 0.05) is 0 Å². The lowest BCUT2D eigenvalue weighted by Gasteiger charge is -2.13. The first kappa shape index (κ1) is 10.7. The molecule has 0 saturated heterocycles. The Hall–Kier alpha value is -0.260. The largest absolute Gasteiger partial charge is 0.103 e. The summed E-state index contributed by atoms with van der Waals surface area (Å²) in [5, 5.41) is 0. The summed E-state index contributed by atoms with van der Waals surface area (Å²) in [5.74, 6) is 0.961. The van der Waals surface area contributed by atoms with E-state index in [2.05, 4.69) is 20.4 Å². The van der Waals surface area contributed by atoms with Crippen molar-refractivity contribution in [2.24, 2.45) is 5.92 Å². The highest BCUT2D eigenvalue weighted by Crippen LogP contribution is 2.18. The molecule has 0 heteroatoms. The van der Waals surface area contributed by atoms with Crippen LogP contribution in [0.4, 0.5) is 0 Å². The molecule has 0 aliphatic rings. The highest BCUT2D eigenvalue weighted by molar-refractivity contribution is 4.69. The van der Waals surface area contributed by atoms with Gasteiger partial charge in [0.1, 0.15) is 0 Å². The molecular formula is C11H22. The van der Waals surface area contributed by atoms with E-state index in [0.717, 1.165) is 5.92 Å². The van der Waals surface area contributed by atoms with E-state index in [1.165, 1.54) is 38.5 Å². The van der Waals surface area contributed by atoms with Crippen LogP contribution in [0.5, 0.6) is 0 Å². The average molecular weight is 154 g/mol. The summed E-state index contributed by atoms with van der Waals surface area (Å²) in [4.78, 5) is 0. The van der Waals surface area contributed by atoms with Gasteiger partial charge in [0.2, 0.25) is 0 Å². The number of hydrogen-bond donors (Lipinski definition) is 0. The summed E-state index contributed by atoms with van der Waals surface area (Å²) in [6.45, 7) is 8.30. The molecule has 0 aromatic heterocycles. The molecular weight excluding hydrogens is 132 g/mol. The Bertz CT molecular complexity index is 78.0. The molecule has 0 radical (unpaired) electrons. The molecule has 0 amide bonds. The van der Waals surface area contributed by atoms with Crippen molar-refractivity contribution in [3.63, 3.8) is 0 Å². The van der Waals surface area contributed by atoms with Crippen LogP contribution >= 0.6 is 0 Å². The van der Waals surface area contributed by atoms with Crippen LogP contribution in [0.3, 0.4) is 0 Å². The van der Waals surface area contributed by atoms with Gasteiger partial charge in [-0.25, -0.2) is 0 Å². The number of rotatable bonds is 7. The fourth-order valence-corrected chi connectivity index (χ4v) is 1.60. The maximum Gasteiger partial charge on any atom is -0.0351 e. The molecule has 66 valence electrons. The zero-order chi connectivity index (χ0) is 8.53. The maximum atomic E-state index is 3.75. The molecule has 0 aromatic rings. The standard InChI is InChI=1S/C11H22/c1-4-7-10-11(8-5-2)9-6-3/h4,11H,1,5-10H2,2-3H3. The van der Waals surface area contributed by atoms with Crippen LogP contribution in [-0.4, -0.2) is 0 Å². The lowest BCUT2D eigenvalue weighted by atomic mass is 9.93. The highest BCUT2D eigenvalue weighted by atomic mass is 14.1. The second-order valence-electron chi connectivity index (χ2n) is 3.31. The van der Waals surface area contributed by atoms with Gasteiger partial charge in [-0.2, -0.15) is 0 Å². The molecule has 0 rings (SSSR count). The number of allylic oxidation sites excluding steroid dienone is 1. The Morgan fingerprint density at radius 2 is 1.64 bits per heavy atom. The fraction of sp³-hybridized carbons (Fsp3) is 0.818. The summed E-state index contributed by atoms with van der Waals surface area (Å²) >= 11 is 0. The first-order valence-electron chi connectivity index (χ1n) is 4.96. The van der Waals surface area contributed by atoms with Crippen molar-refractivity contribution in [1.82, 2.24) is 0 Å². The summed E-state index contributed by atoms with van der Waals surface area (Å²) in [5.41, 5.74) is 0. The van der Waals surface area contributed by atoms with Crippen molar-refractivity contribution in [1.29, 1.82) is 0 Å². The van der Waals surface area contributed by atoms with Crippen molar-refractivity contribution in [2.75, 3.05) is 0 Å². The quantitative estimate of drug-likeness (QED) is 0.483. The Balaban J connectivity index is 3.41. The molecule has 0 atom stereocenters. The van der Waals surface area contributed by atoms with E-state index in [9.17, 15) is 0 Å². The maximum absolute atomic E-state index is 3.75. The van der Waals surface area contributed by atoms with Crippen LogP contribution in [0.1, 0.15) is 52.4 Å². The summed E-state index contributed by atoms with van der Waals surface area (Å²) in [6.07, 6.45) is 10.1. The molecule has 0 aliphatic heterocycles. The van der Waals surface area contributed by atoms with Gasteiger partial charge in [-0.15, -0.1) is 6.58 Å². The Morgan fingerprint density at radius 1 is 1.09 bits per heavy atom. The van der Waals surface area contributed by atoms with Crippen LogP contribution in [0, 0.1) is 5.92 Å². The summed E-state index contributed by atoms with van der Waals surface area (Å²) in [7, 11) is 0. The van der Waals surface area contributed by atoms with Crippen molar-refractivity contribution in [3.8, 4) is 0 Å². The van der Waals surface area contributed by atoms with Gasteiger partial charge in [0.05, 0.1) is 0 Å². The van der Waals surface area contributed by atoms with Gasteiger partial charge in [0.25, 0.3) is 0 Å². The van der Waals surface area contributed by atoms with E-state index >= 15 is 0 Å². The van der Waals surface area contributed by atoms with Crippen molar-refractivity contribution < 1.29 is 0 Å². The third-order valence-corrected chi connectivity index (χ3v) is 2.17. The topological polar surface area (TPSA) is 0 Å². The molecule has 0 spiro atoms. The normalized spacial score (nSPS) is 10.5. The molecule has 0 saturated carbocycles. The van der Waals surface area contributed by atoms with Crippen LogP contribution in [0.2, 0.25) is 0 Å². The molecule has 0 bridgehead atoms. The molecule has 0 N–H and O–H groups in total. The van der Waals surface area contributed by atoms with E-state index in [0.29, 0.717) is 0 Å². The molecule has 0 heterocycles. The first-order valence-corrected chi connectivity index (χ1v) is 4.96. The monoisotopic (exact) mass is 154 g/mol. The summed E-state index contributed by atoms with van der Waals surface area (Å²) in [6, 6.07) is 0. The van der Waals surface area contributed by atoms with Crippen molar-refractivity contribution in [2.45, 2.75) is 52.4 Å². The predicted octanol–water partition coefficient (Wildman–Crippen LogP) is 4.17. The van der Waals surface area contributed by atoms with E-state index in [-0.39, 0.29) is 0 Å². The molecule has 0 nitrogen and oxygen atoms in total. The van der Waals surface area contributed by atoms with Gasteiger partial charge in [0.15, 0.2) is 0 Å². The van der Waals surface area contributed by atoms with Gasteiger partial charge < -0.3 is 0 Å². The van der Waals surface area contributed by atoms with Gasteiger partial charge in [-0.05, 0) is 18.8 Å². The van der Waals surface area contributed by atoms with Crippen LogP contribution in [-0.2, 0) is 0 Å². The van der Waals surface area contributed by atoms with Crippen LogP contribution in [0.15, 0.2) is 12.7 Å². The van der Waals surface area contributed by atoms with Crippen molar-refractivity contribution >= 4 is 0 Å². The minimum Gasteiger partial charge on any atom is -0.103 e. The second kappa shape index (κ2) is 7.84.